The number of aryl methyl sites for hydroxylation is 1. The van der Waals surface area contributed by atoms with E-state index in [-0.39, 0.29) is 18.4 Å². The minimum atomic E-state index is -0.262. The third kappa shape index (κ3) is 3.98. The number of hydrogen-bond acceptors (Lipinski definition) is 4. The number of carbonyl (C=O) groups excluding carboxylic acids is 2. The minimum absolute atomic E-state index is 0.00556. The van der Waals surface area contributed by atoms with Gasteiger partial charge in [0.25, 0.3) is 11.8 Å². The van der Waals surface area contributed by atoms with Gasteiger partial charge < -0.3 is 19.7 Å². The SMILES string of the molecule is COc1cccc(C(=O)Nc2ccc3c(c2)N(Cc2ccccc2C)C(=O)CO3)c1. The molecule has 30 heavy (non-hydrogen) atoms. The summed E-state index contributed by atoms with van der Waals surface area (Å²) in [4.78, 5) is 26.9. The second kappa shape index (κ2) is 8.29. The first-order valence-corrected chi connectivity index (χ1v) is 9.62. The summed E-state index contributed by atoms with van der Waals surface area (Å²) in [5, 5.41) is 2.88. The van der Waals surface area contributed by atoms with Crippen molar-refractivity contribution < 1.29 is 19.1 Å². The molecule has 0 fully saturated rings. The lowest BCUT2D eigenvalue weighted by Crippen LogP contribution is -2.38. The summed E-state index contributed by atoms with van der Waals surface area (Å²) in [6, 6.07) is 20.2. The topological polar surface area (TPSA) is 67.9 Å². The highest BCUT2D eigenvalue weighted by atomic mass is 16.5. The third-order valence-electron chi connectivity index (χ3n) is 5.08. The number of ether oxygens (including phenoxy) is 2. The van der Waals surface area contributed by atoms with Gasteiger partial charge >= 0.3 is 0 Å². The zero-order chi connectivity index (χ0) is 21.1. The summed E-state index contributed by atoms with van der Waals surface area (Å²) >= 11 is 0. The Hall–Kier alpha value is -3.80. The lowest BCUT2D eigenvalue weighted by Gasteiger charge is -2.30. The summed E-state index contributed by atoms with van der Waals surface area (Å²) in [7, 11) is 1.56. The Kier molecular flexibility index (Phi) is 5.39. The zero-order valence-corrected chi connectivity index (χ0v) is 16.8. The molecule has 0 unspecified atom stereocenters. The summed E-state index contributed by atoms with van der Waals surface area (Å²) in [5.41, 5.74) is 3.87. The monoisotopic (exact) mass is 402 g/mol. The molecule has 2 amide bonds. The molecular weight excluding hydrogens is 380 g/mol. The van der Waals surface area contributed by atoms with Gasteiger partial charge in [0.2, 0.25) is 0 Å². The minimum Gasteiger partial charge on any atom is -0.497 e. The molecule has 0 bridgehead atoms. The Morgan fingerprint density at radius 3 is 2.73 bits per heavy atom. The van der Waals surface area contributed by atoms with Crippen LogP contribution < -0.4 is 19.7 Å². The Labute approximate surface area is 175 Å². The molecule has 0 saturated heterocycles. The van der Waals surface area contributed by atoms with E-state index in [2.05, 4.69) is 5.32 Å². The Bertz CT molecular complexity index is 1110. The second-order valence-corrected chi connectivity index (χ2v) is 7.06. The summed E-state index contributed by atoms with van der Waals surface area (Å²) in [5.74, 6) is 0.837. The van der Waals surface area contributed by atoms with E-state index in [1.54, 1.807) is 54.5 Å². The molecule has 3 aromatic rings. The van der Waals surface area contributed by atoms with Crippen molar-refractivity contribution in [2.45, 2.75) is 13.5 Å². The maximum atomic E-state index is 12.7. The molecule has 4 rings (SSSR count). The van der Waals surface area contributed by atoms with Crippen LogP contribution in [0.1, 0.15) is 21.5 Å². The van der Waals surface area contributed by atoms with Crippen LogP contribution in [0.3, 0.4) is 0 Å². The Morgan fingerprint density at radius 2 is 1.93 bits per heavy atom. The number of amides is 2. The average molecular weight is 402 g/mol. The predicted octanol–water partition coefficient (Wildman–Crippen LogP) is 4.18. The van der Waals surface area contributed by atoms with E-state index in [9.17, 15) is 9.59 Å². The van der Waals surface area contributed by atoms with Gasteiger partial charge in [-0.3, -0.25) is 9.59 Å². The highest BCUT2D eigenvalue weighted by Gasteiger charge is 2.26. The van der Waals surface area contributed by atoms with Gasteiger partial charge in [-0.1, -0.05) is 30.3 Å². The fourth-order valence-electron chi connectivity index (χ4n) is 3.38. The molecule has 0 spiro atoms. The number of fused-ring (bicyclic) bond motifs is 1. The fraction of sp³-hybridized carbons (Fsp3) is 0.167. The van der Waals surface area contributed by atoms with Crippen LogP contribution in [0, 0.1) is 6.92 Å². The Morgan fingerprint density at radius 1 is 1.10 bits per heavy atom. The molecule has 6 nitrogen and oxygen atoms in total. The van der Waals surface area contributed by atoms with Crippen molar-refractivity contribution in [2.24, 2.45) is 0 Å². The van der Waals surface area contributed by atoms with E-state index in [4.69, 9.17) is 9.47 Å². The molecule has 0 aliphatic carbocycles. The van der Waals surface area contributed by atoms with Crippen molar-refractivity contribution in [2.75, 3.05) is 23.9 Å². The number of methoxy groups -OCH3 is 1. The van der Waals surface area contributed by atoms with Gasteiger partial charge in [0, 0.05) is 11.3 Å². The van der Waals surface area contributed by atoms with Crippen molar-refractivity contribution in [3.8, 4) is 11.5 Å². The van der Waals surface area contributed by atoms with E-state index >= 15 is 0 Å². The molecule has 1 aliphatic rings. The molecule has 6 heteroatoms. The van der Waals surface area contributed by atoms with Crippen molar-refractivity contribution >= 4 is 23.2 Å². The maximum Gasteiger partial charge on any atom is 0.265 e. The van der Waals surface area contributed by atoms with E-state index in [1.165, 1.54) is 0 Å². The number of nitrogens with one attached hydrogen (secondary N) is 1. The lowest BCUT2D eigenvalue weighted by molar-refractivity contribution is -0.121. The Balaban J connectivity index is 1.61. The van der Waals surface area contributed by atoms with E-state index in [0.29, 0.717) is 35.0 Å². The van der Waals surface area contributed by atoms with Crippen LogP contribution in [0.5, 0.6) is 11.5 Å². The van der Waals surface area contributed by atoms with E-state index < -0.39 is 0 Å². The number of hydrogen-bond donors (Lipinski definition) is 1. The van der Waals surface area contributed by atoms with Gasteiger partial charge in [0.05, 0.1) is 19.3 Å². The van der Waals surface area contributed by atoms with Gasteiger partial charge in [-0.25, -0.2) is 0 Å². The van der Waals surface area contributed by atoms with Gasteiger partial charge in [0.1, 0.15) is 11.5 Å². The number of anilines is 2. The fourth-order valence-corrected chi connectivity index (χ4v) is 3.38. The third-order valence-corrected chi connectivity index (χ3v) is 5.08. The number of rotatable bonds is 5. The van der Waals surface area contributed by atoms with Gasteiger partial charge in [0.15, 0.2) is 6.61 Å². The van der Waals surface area contributed by atoms with Crippen LogP contribution in [0.2, 0.25) is 0 Å². The first kappa shape index (κ1) is 19.5. The normalized spacial score (nSPS) is 12.7. The summed E-state index contributed by atoms with van der Waals surface area (Å²) < 4.78 is 10.8. The molecule has 0 aromatic heterocycles. The largest absolute Gasteiger partial charge is 0.497 e. The van der Waals surface area contributed by atoms with Crippen LogP contribution in [0.25, 0.3) is 0 Å². The van der Waals surface area contributed by atoms with Crippen LogP contribution >= 0.6 is 0 Å². The zero-order valence-electron chi connectivity index (χ0n) is 16.8. The summed E-state index contributed by atoms with van der Waals surface area (Å²) in [6.07, 6.45) is 0. The van der Waals surface area contributed by atoms with E-state index in [1.807, 2.05) is 31.2 Å². The summed E-state index contributed by atoms with van der Waals surface area (Å²) in [6.45, 7) is 2.45. The molecular formula is C24H22N2O4. The highest BCUT2D eigenvalue weighted by Crippen LogP contribution is 2.36. The molecule has 0 radical (unpaired) electrons. The van der Waals surface area contributed by atoms with Gasteiger partial charge in [-0.2, -0.15) is 0 Å². The van der Waals surface area contributed by atoms with Crippen LogP contribution in [-0.4, -0.2) is 25.5 Å². The van der Waals surface area contributed by atoms with Crippen molar-refractivity contribution in [1.82, 2.24) is 0 Å². The lowest BCUT2D eigenvalue weighted by atomic mass is 10.1. The standard InChI is InChI=1S/C24H22N2O4/c1-16-6-3-4-7-18(16)14-26-21-13-19(10-11-22(21)30-15-23(26)27)25-24(28)17-8-5-9-20(12-17)29-2/h3-13H,14-15H2,1-2H3,(H,25,28). The molecule has 0 atom stereocenters. The number of carbonyl (C=O) groups is 2. The number of nitrogens with zero attached hydrogens (tertiary/aromatic N) is 1. The molecule has 152 valence electrons. The van der Waals surface area contributed by atoms with Gasteiger partial charge in [-0.15, -0.1) is 0 Å². The van der Waals surface area contributed by atoms with Crippen LogP contribution in [0.4, 0.5) is 11.4 Å². The highest BCUT2D eigenvalue weighted by molar-refractivity contribution is 6.05. The first-order chi connectivity index (χ1) is 14.5. The van der Waals surface area contributed by atoms with Crippen LogP contribution in [-0.2, 0) is 11.3 Å². The average Bonchev–Trinajstić information content (AvgIpc) is 2.77. The molecule has 1 heterocycles. The molecule has 1 aliphatic heterocycles. The smallest absolute Gasteiger partial charge is 0.265 e. The first-order valence-electron chi connectivity index (χ1n) is 9.62. The van der Waals surface area contributed by atoms with Crippen molar-refractivity contribution in [3.63, 3.8) is 0 Å². The quantitative estimate of drug-likeness (QED) is 0.695. The van der Waals surface area contributed by atoms with Crippen LogP contribution in [0.15, 0.2) is 66.7 Å². The maximum absolute atomic E-state index is 12.7. The predicted molar refractivity (Wildman–Crippen MR) is 115 cm³/mol. The second-order valence-electron chi connectivity index (χ2n) is 7.06. The van der Waals surface area contributed by atoms with Crippen molar-refractivity contribution in [3.05, 3.63) is 83.4 Å². The van der Waals surface area contributed by atoms with E-state index in [0.717, 1.165) is 11.1 Å². The molecule has 0 saturated carbocycles. The van der Waals surface area contributed by atoms with Gasteiger partial charge in [-0.05, 0) is 54.4 Å². The molecule has 3 aromatic carbocycles. The number of benzene rings is 3. The molecule has 1 N–H and O–H groups in total. The van der Waals surface area contributed by atoms with Crippen molar-refractivity contribution in [1.29, 1.82) is 0 Å².